The second-order valence-corrected chi connectivity index (χ2v) is 6.54. The predicted octanol–water partition coefficient (Wildman–Crippen LogP) is 2.26. The van der Waals surface area contributed by atoms with E-state index < -0.39 is 5.82 Å². The SMILES string of the molecule is N#Cc1c(F)cccc1N1CCN(Cc2nc3ccccc3c(=O)[nH]2)CC1. The number of anilines is 1. The number of rotatable bonds is 3. The van der Waals surface area contributed by atoms with Crippen LogP contribution in [0.1, 0.15) is 11.4 Å². The van der Waals surface area contributed by atoms with Gasteiger partial charge in [0.1, 0.15) is 23.3 Å². The Hall–Kier alpha value is -3.24. The lowest BCUT2D eigenvalue weighted by atomic mass is 10.1. The lowest BCUT2D eigenvalue weighted by Crippen LogP contribution is -2.46. The van der Waals surface area contributed by atoms with Crippen molar-refractivity contribution in [2.24, 2.45) is 0 Å². The van der Waals surface area contributed by atoms with Crippen LogP contribution >= 0.6 is 0 Å². The molecule has 0 amide bonds. The molecule has 4 rings (SSSR count). The Kier molecular flexibility index (Phi) is 4.57. The summed E-state index contributed by atoms with van der Waals surface area (Å²) in [5.41, 5.74) is 1.28. The first-order chi connectivity index (χ1) is 13.2. The van der Waals surface area contributed by atoms with Crippen molar-refractivity contribution < 1.29 is 4.39 Å². The number of halogens is 1. The van der Waals surface area contributed by atoms with Gasteiger partial charge in [0.2, 0.25) is 0 Å². The maximum absolute atomic E-state index is 13.8. The number of hydrogen-bond acceptors (Lipinski definition) is 5. The number of aromatic nitrogens is 2. The van der Waals surface area contributed by atoms with E-state index in [2.05, 4.69) is 14.9 Å². The van der Waals surface area contributed by atoms with E-state index in [0.29, 0.717) is 42.0 Å². The van der Waals surface area contributed by atoms with Crippen molar-refractivity contribution in [1.29, 1.82) is 5.26 Å². The molecular weight excluding hydrogens is 345 g/mol. The second-order valence-electron chi connectivity index (χ2n) is 6.54. The molecule has 0 aliphatic carbocycles. The molecule has 2 aromatic carbocycles. The number of benzene rings is 2. The van der Waals surface area contributed by atoms with Gasteiger partial charge >= 0.3 is 0 Å². The summed E-state index contributed by atoms with van der Waals surface area (Å²) in [5.74, 6) is 0.144. The Bertz CT molecular complexity index is 1080. The van der Waals surface area contributed by atoms with Crippen molar-refractivity contribution in [3.8, 4) is 6.07 Å². The Labute approximate surface area is 155 Å². The standard InChI is InChI=1S/C20H18FN5O/c21-16-5-3-7-18(15(16)12-22)26-10-8-25(9-11-26)13-19-23-17-6-2-1-4-14(17)20(27)24-19/h1-7H,8-11,13H2,(H,23,24,27). The Balaban J connectivity index is 1.47. The van der Waals surface area contributed by atoms with E-state index in [9.17, 15) is 14.4 Å². The molecule has 1 aromatic heterocycles. The highest BCUT2D eigenvalue weighted by molar-refractivity contribution is 5.77. The van der Waals surface area contributed by atoms with Crippen molar-refractivity contribution >= 4 is 16.6 Å². The molecule has 27 heavy (non-hydrogen) atoms. The van der Waals surface area contributed by atoms with Crippen LogP contribution < -0.4 is 10.5 Å². The molecule has 3 aromatic rings. The summed E-state index contributed by atoms with van der Waals surface area (Å²) in [7, 11) is 0. The number of hydrogen-bond donors (Lipinski definition) is 1. The zero-order valence-corrected chi connectivity index (χ0v) is 14.7. The van der Waals surface area contributed by atoms with Gasteiger partial charge in [-0.15, -0.1) is 0 Å². The second kappa shape index (κ2) is 7.17. The molecule has 0 bridgehead atoms. The van der Waals surface area contributed by atoms with E-state index in [-0.39, 0.29) is 11.1 Å². The monoisotopic (exact) mass is 363 g/mol. The first kappa shape index (κ1) is 17.2. The first-order valence-corrected chi connectivity index (χ1v) is 8.79. The van der Waals surface area contributed by atoms with Crippen LogP contribution in [0.2, 0.25) is 0 Å². The van der Waals surface area contributed by atoms with E-state index in [0.717, 1.165) is 13.1 Å². The summed E-state index contributed by atoms with van der Waals surface area (Å²) in [6, 6.07) is 13.9. The molecule has 0 spiro atoms. The van der Waals surface area contributed by atoms with E-state index in [1.807, 2.05) is 29.2 Å². The summed E-state index contributed by atoms with van der Waals surface area (Å²) in [6.45, 7) is 3.36. The molecule has 0 radical (unpaired) electrons. The van der Waals surface area contributed by atoms with Gasteiger partial charge in [-0.25, -0.2) is 9.37 Å². The number of nitrogens with one attached hydrogen (secondary N) is 1. The predicted molar refractivity (Wildman–Crippen MR) is 101 cm³/mol. The molecule has 136 valence electrons. The summed E-state index contributed by atoms with van der Waals surface area (Å²) in [4.78, 5) is 23.8. The fourth-order valence-corrected chi connectivity index (χ4v) is 3.46. The molecule has 0 saturated carbocycles. The highest BCUT2D eigenvalue weighted by Gasteiger charge is 2.21. The quantitative estimate of drug-likeness (QED) is 0.772. The zero-order chi connectivity index (χ0) is 18.8. The summed E-state index contributed by atoms with van der Waals surface area (Å²) >= 11 is 0. The maximum atomic E-state index is 13.8. The topological polar surface area (TPSA) is 76.0 Å². The lowest BCUT2D eigenvalue weighted by molar-refractivity contribution is 0.244. The van der Waals surface area contributed by atoms with Crippen molar-refractivity contribution in [2.75, 3.05) is 31.1 Å². The minimum absolute atomic E-state index is 0.0893. The van der Waals surface area contributed by atoms with Crippen LogP contribution in [-0.4, -0.2) is 41.0 Å². The van der Waals surface area contributed by atoms with Crippen LogP contribution in [0, 0.1) is 17.1 Å². The van der Waals surface area contributed by atoms with Crippen LogP contribution in [0.15, 0.2) is 47.3 Å². The van der Waals surface area contributed by atoms with Crippen molar-refractivity contribution in [1.82, 2.24) is 14.9 Å². The number of para-hydroxylation sites is 1. The third-order valence-electron chi connectivity index (χ3n) is 4.85. The third kappa shape index (κ3) is 3.39. The smallest absolute Gasteiger partial charge is 0.258 e. The van der Waals surface area contributed by atoms with Gasteiger partial charge in [-0.2, -0.15) is 5.26 Å². The zero-order valence-electron chi connectivity index (χ0n) is 14.7. The summed E-state index contributed by atoms with van der Waals surface area (Å²) in [5, 5.41) is 9.80. The van der Waals surface area contributed by atoms with Crippen molar-refractivity contribution in [3.05, 3.63) is 70.0 Å². The van der Waals surface area contributed by atoms with Gasteiger partial charge in [-0.1, -0.05) is 18.2 Å². The number of nitrogens with zero attached hydrogens (tertiary/aromatic N) is 4. The van der Waals surface area contributed by atoms with Crippen LogP contribution in [0.5, 0.6) is 0 Å². The average Bonchev–Trinajstić information content (AvgIpc) is 2.68. The first-order valence-electron chi connectivity index (χ1n) is 8.79. The minimum Gasteiger partial charge on any atom is -0.368 e. The van der Waals surface area contributed by atoms with Crippen LogP contribution in [0.3, 0.4) is 0 Å². The number of H-pyrrole nitrogens is 1. The van der Waals surface area contributed by atoms with Gasteiger partial charge < -0.3 is 9.88 Å². The molecule has 6 nitrogen and oxygen atoms in total. The number of piperazine rings is 1. The number of fused-ring (bicyclic) bond motifs is 1. The van der Waals surface area contributed by atoms with Crippen LogP contribution in [-0.2, 0) is 6.54 Å². The Morgan fingerprint density at radius 1 is 1.11 bits per heavy atom. The molecule has 1 aliphatic heterocycles. The average molecular weight is 363 g/mol. The maximum Gasteiger partial charge on any atom is 0.258 e. The fourth-order valence-electron chi connectivity index (χ4n) is 3.46. The highest BCUT2D eigenvalue weighted by atomic mass is 19.1. The van der Waals surface area contributed by atoms with Crippen molar-refractivity contribution in [2.45, 2.75) is 6.54 Å². The molecule has 1 saturated heterocycles. The highest BCUT2D eigenvalue weighted by Crippen LogP contribution is 2.24. The van der Waals surface area contributed by atoms with Gasteiger partial charge in [0.25, 0.3) is 5.56 Å². The Morgan fingerprint density at radius 2 is 1.89 bits per heavy atom. The summed E-state index contributed by atoms with van der Waals surface area (Å²) in [6.07, 6.45) is 0. The van der Waals surface area contributed by atoms with E-state index in [1.54, 1.807) is 18.2 Å². The van der Waals surface area contributed by atoms with Gasteiger partial charge in [0.05, 0.1) is 23.1 Å². The van der Waals surface area contributed by atoms with Gasteiger partial charge in [0, 0.05) is 26.2 Å². The molecule has 0 unspecified atom stereocenters. The molecule has 0 atom stereocenters. The molecule has 7 heteroatoms. The number of nitriles is 1. The molecule has 1 fully saturated rings. The van der Waals surface area contributed by atoms with E-state index >= 15 is 0 Å². The Morgan fingerprint density at radius 3 is 2.67 bits per heavy atom. The van der Waals surface area contributed by atoms with Crippen molar-refractivity contribution in [3.63, 3.8) is 0 Å². The van der Waals surface area contributed by atoms with Crippen LogP contribution in [0.4, 0.5) is 10.1 Å². The third-order valence-corrected chi connectivity index (χ3v) is 4.85. The largest absolute Gasteiger partial charge is 0.368 e. The summed E-state index contributed by atoms with van der Waals surface area (Å²) < 4.78 is 13.8. The minimum atomic E-state index is -0.490. The van der Waals surface area contributed by atoms with Crippen LogP contribution in [0.25, 0.3) is 10.9 Å². The molecule has 1 N–H and O–H groups in total. The van der Waals surface area contributed by atoms with E-state index in [4.69, 9.17) is 0 Å². The van der Waals surface area contributed by atoms with Gasteiger partial charge in [-0.3, -0.25) is 9.69 Å². The molecular formula is C20H18FN5O. The lowest BCUT2D eigenvalue weighted by Gasteiger charge is -2.36. The normalized spacial score (nSPS) is 15.0. The molecule has 1 aliphatic rings. The van der Waals surface area contributed by atoms with Gasteiger partial charge in [0.15, 0.2) is 0 Å². The molecule has 2 heterocycles. The number of aromatic amines is 1. The fraction of sp³-hybridized carbons (Fsp3) is 0.250. The van der Waals surface area contributed by atoms with E-state index in [1.165, 1.54) is 6.07 Å². The van der Waals surface area contributed by atoms with Gasteiger partial charge in [-0.05, 0) is 24.3 Å².